The molecular formula is C15H18N2O3. The number of benzene rings is 1. The van der Waals surface area contributed by atoms with Gasteiger partial charge < -0.3 is 14.4 Å². The number of hydrogen-bond donors (Lipinski definition) is 1. The molecule has 1 N–H and O–H groups in total. The van der Waals surface area contributed by atoms with E-state index in [9.17, 15) is 4.79 Å². The minimum atomic E-state index is -0.881. The summed E-state index contributed by atoms with van der Waals surface area (Å²) in [5.41, 5.74) is 2.58. The van der Waals surface area contributed by atoms with Crippen molar-refractivity contribution in [3.63, 3.8) is 0 Å². The molecule has 1 aromatic heterocycles. The fourth-order valence-electron chi connectivity index (χ4n) is 2.73. The molecule has 1 aliphatic heterocycles. The van der Waals surface area contributed by atoms with Crippen LogP contribution in [0.15, 0.2) is 24.4 Å². The molecule has 1 aromatic carbocycles. The number of carboxylic acid groups (broad SMARTS) is 1. The van der Waals surface area contributed by atoms with Crippen LogP contribution in [0.4, 0.5) is 0 Å². The molecule has 5 heteroatoms. The van der Waals surface area contributed by atoms with Gasteiger partial charge in [-0.1, -0.05) is 0 Å². The van der Waals surface area contributed by atoms with Crippen LogP contribution in [-0.4, -0.2) is 46.8 Å². The molecule has 5 nitrogen and oxygen atoms in total. The Bertz CT molecular complexity index is 642. The number of hydrogen-bond acceptors (Lipinski definition) is 3. The fraction of sp³-hybridized carbons (Fsp3) is 0.400. The van der Waals surface area contributed by atoms with Crippen molar-refractivity contribution < 1.29 is 14.6 Å². The number of rotatable bonds is 3. The maximum atomic E-state index is 11.1. The standard InChI is InChI=1S/C15H18N2O3/c1-16-9-12(10-17-4-6-20-7-5-17)13-8-11(15(18)19)2-3-14(13)16/h2-3,8-9H,4-7,10H2,1H3,(H,18,19). The highest BCUT2D eigenvalue weighted by Crippen LogP contribution is 2.23. The minimum Gasteiger partial charge on any atom is -0.478 e. The van der Waals surface area contributed by atoms with E-state index in [2.05, 4.69) is 15.7 Å². The van der Waals surface area contributed by atoms with Crippen molar-refractivity contribution in [2.45, 2.75) is 6.54 Å². The number of nitrogens with zero attached hydrogens (tertiary/aromatic N) is 2. The molecule has 0 atom stereocenters. The van der Waals surface area contributed by atoms with Gasteiger partial charge in [0.25, 0.3) is 0 Å². The van der Waals surface area contributed by atoms with E-state index in [1.807, 2.05) is 13.1 Å². The van der Waals surface area contributed by atoms with Crippen LogP contribution in [0.3, 0.4) is 0 Å². The maximum absolute atomic E-state index is 11.1. The summed E-state index contributed by atoms with van der Waals surface area (Å²) in [6.45, 7) is 4.23. The van der Waals surface area contributed by atoms with E-state index in [1.165, 1.54) is 5.56 Å². The summed E-state index contributed by atoms with van der Waals surface area (Å²) in [5.74, 6) is -0.881. The van der Waals surface area contributed by atoms with Gasteiger partial charge in [0.2, 0.25) is 0 Å². The van der Waals surface area contributed by atoms with E-state index in [4.69, 9.17) is 9.84 Å². The van der Waals surface area contributed by atoms with E-state index >= 15 is 0 Å². The van der Waals surface area contributed by atoms with E-state index in [1.54, 1.807) is 12.1 Å². The lowest BCUT2D eigenvalue weighted by Crippen LogP contribution is -2.35. The second-order valence-electron chi connectivity index (χ2n) is 5.19. The molecule has 1 saturated heterocycles. The third-order valence-electron chi connectivity index (χ3n) is 3.82. The van der Waals surface area contributed by atoms with Crippen LogP contribution in [-0.2, 0) is 18.3 Å². The van der Waals surface area contributed by atoms with Gasteiger partial charge in [0.05, 0.1) is 18.8 Å². The van der Waals surface area contributed by atoms with Crippen molar-refractivity contribution in [2.24, 2.45) is 7.05 Å². The van der Waals surface area contributed by atoms with E-state index in [0.717, 1.165) is 43.8 Å². The first kappa shape index (κ1) is 13.1. The Morgan fingerprint density at radius 3 is 2.80 bits per heavy atom. The van der Waals surface area contributed by atoms with E-state index in [0.29, 0.717) is 5.56 Å². The summed E-state index contributed by atoms with van der Waals surface area (Å²) in [6.07, 6.45) is 2.09. The van der Waals surface area contributed by atoms with Gasteiger partial charge in [0, 0.05) is 43.8 Å². The van der Waals surface area contributed by atoms with Crippen molar-refractivity contribution in [1.82, 2.24) is 9.47 Å². The average Bonchev–Trinajstić information content (AvgIpc) is 2.76. The maximum Gasteiger partial charge on any atom is 0.335 e. The normalized spacial score (nSPS) is 16.6. The van der Waals surface area contributed by atoms with Crippen molar-refractivity contribution in [3.8, 4) is 0 Å². The lowest BCUT2D eigenvalue weighted by Gasteiger charge is -2.26. The third kappa shape index (κ3) is 2.42. The summed E-state index contributed by atoms with van der Waals surface area (Å²) in [4.78, 5) is 13.5. The molecule has 0 bridgehead atoms. The molecule has 20 heavy (non-hydrogen) atoms. The molecule has 0 aliphatic carbocycles. The molecule has 3 rings (SSSR count). The van der Waals surface area contributed by atoms with Gasteiger partial charge in [-0.15, -0.1) is 0 Å². The zero-order valence-electron chi connectivity index (χ0n) is 11.5. The van der Waals surface area contributed by atoms with Gasteiger partial charge in [-0.2, -0.15) is 0 Å². The van der Waals surface area contributed by atoms with Crippen LogP contribution < -0.4 is 0 Å². The van der Waals surface area contributed by atoms with Gasteiger partial charge in [-0.3, -0.25) is 4.90 Å². The molecule has 1 aliphatic rings. The number of fused-ring (bicyclic) bond motifs is 1. The Labute approximate surface area is 117 Å². The van der Waals surface area contributed by atoms with Crippen LogP contribution >= 0.6 is 0 Å². The largest absolute Gasteiger partial charge is 0.478 e. The van der Waals surface area contributed by atoms with Gasteiger partial charge >= 0.3 is 5.97 Å². The monoisotopic (exact) mass is 274 g/mol. The number of aromatic carboxylic acids is 1. The Hall–Kier alpha value is -1.85. The first-order chi connectivity index (χ1) is 9.65. The number of carbonyl (C=O) groups is 1. The molecule has 1 fully saturated rings. The van der Waals surface area contributed by atoms with Gasteiger partial charge in [0.1, 0.15) is 0 Å². The Morgan fingerprint density at radius 1 is 1.35 bits per heavy atom. The molecular weight excluding hydrogens is 256 g/mol. The minimum absolute atomic E-state index is 0.340. The van der Waals surface area contributed by atoms with Crippen LogP contribution in [0.1, 0.15) is 15.9 Å². The predicted molar refractivity (Wildman–Crippen MR) is 76.0 cm³/mol. The second kappa shape index (κ2) is 5.26. The van der Waals surface area contributed by atoms with Crippen LogP contribution in [0.2, 0.25) is 0 Å². The SMILES string of the molecule is Cn1cc(CN2CCOCC2)c2cc(C(=O)O)ccc21. The molecule has 0 amide bonds. The average molecular weight is 274 g/mol. The summed E-state index contributed by atoms with van der Waals surface area (Å²) in [7, 11) is 1.99. The molecule has 0 unspecified atom stereocenters. The topological polar surface area (TPSA) is 54.7 Å². The van der Waals surface area contributed by atoms with Gasteiger partial charge in [0.15, 0.2) is 0 Å². The fourth-order valence-corrected chi connectivity index (χ4v) is 2.73. The third-order valence-corrected chi connectivity index (χ3v) is 3.82. The molecule has 0 spiro atoms. The Balaban J connectivity index is 1.96. The first-order valence-corrected chi connectivity index (χ1v) is 6.76. The number of morpholine rings is 1. The number of ether oxygens (including phenoxy) is 1. The van der Waals surface area contributed by atoms with Crippen molar-refractivity contribution in [3.05, 3.63) is 35.5 Å². The quantitative estimate of drug-likeness (QED) is 0.925. The van der Waals surface area contributed by atoms with Crippen molar-refractivity contribution in [2.75, 3.05) is 26.3 Å². The molecule has 106 valence electrons. The predicted octanol–water partition coefficient (Wildman–Crippen LogP) is 1.71. The second-order valence-corrected chi connectivity index (χ2v) is 5.19. The summed E-state index contributed by atoms with van der Waals surface area (Å²) in [5, 5.41) is 10.2. The summed E-state index contributed by atoms with van der Waals surface area (Å²) in [6, 6.07) is 5.30. The molecule has 0 saturated carbocycles. The Morgan fingerprint density at radius 2 is 2.10 bits per heavy atom. The number of aromatic nitrogens is 1. The smallest absolute Gasteiger partial charge is 0.335 e. The lowest BCUT2D eigenvalue weighted by molar-refractivity contribution is 0.0343. The molecule has 2 aromatic rings. The van der Waals surface area contributed by atoms with Crippen molar-refractivity contribution >= 4 is 16.9 Å². The number of carboxylic acids is 1. The first-order valence-electron chi connectivity index (χ1n) is 6.76. The lowest BCUT2D eigenvalue weighted by atomic mass is 10.1. The van der Waals surface area contributed by atoms with Crippen LogP contribution in [0.25, 0.3) is 10.9 Å². The zero-order chi connectivity index (χ0) is 14.1. The van der Waals surface area contributed by atoms with Gasteiger partial charge in [-0.25, -0.2) is 4.79 Å². The highest BCUT2D eigenvalue weighted by atomic mass is 16.5. The molecule has 0 radical (unpaired) electrons. The highest BCUT2D eigenvalue weighted by molar-refractivity contribution is 5.94. The number of aryl methyl sites for hydroxylation is 1. The van der Waals surface area contributed by atoms with Gasteiger partial charge in [-0.05, 0) is 23.8 Å². The summed E-state index contributed by atoms with van der Waals surface area (Å²) < 4.78 is 7.41. The van der Waals surface area contributed by atoms with Crippen molar-refractivity contribution in [1.29, 1.82) is 0 Å². The summed E-state index contributed by atoms with van der Waals surface area (Å²) >= 11 is 0. The highest BCUT2D eigenvalue weighted by Gasteiger charge is 2.15. The van der Waals surface area contributed by atoms with E-state index in [-0.39, 0.29) is 0 Å². The van der Waals surface area contributed by atoms with E-state index < -0.39 is 5.97 Å². The van der Waals surface area contributed by atoms with Crippen LogP contribution in [0.5, 0.6) is 0 Å². The molecule has 2 heterocycles. The van der Waals surface area contributed by atoms with Crippen LogP contribution in [0, 0.1) is 0 Å². The zero-order valence-corrected chi connectivity index (χ0v) is 11.5. The Kier molecular flexibility index (Phi) is 3.46.